The number of hydrogen-bond donors (Lipinski definition) is 2. The SMILES string of the molecule is Cc1nnc(SCc2ccc(C(=O)O)o2)[nH]c1=O. The first-order valence-corrected chi connectivity index (χ1v) is 5.93. The molecule has 0 saturated carbocycles. The molecule has 2 aromatic heterocycles. The van der Waals surface area contributed by atoms with Gasteiger partial charge in [0.15, 0.2) is 5.16 Å². The maximum Gasteiger partial charge on any atom is 0.371 e. The molecule has 18 heavy (non-hydrogen) atoms. The average molecular weight is 267 g/mol. The van der Waals surface area contributed by atoms with E-state index in [4.69, 9.17) is 9.52 Å². The highest BCUT2D eigenvalue weighted by molar-refractivity contribution is 7.98. The van der Waals surface area contributed by atoms with E-state index >= 15 is 0 Å². The third-order valence-electron chi connectivity index (χ3n) is 2.06. The number of aromatic carboxylic acids is 1. The smallest absolute Gasteiger partial charge is 0.371 e. The molecular formula is C10H9N3O4S. The number of carboxylic acids is 1. The van der Waals surface area contributed by atoms with Crippen LogP contribution in [0.2, 0.25) is 0 Å². The molecule has 0 aliphatic heterocycles. The highest BCUT2D eigenvalue weighted by Gasteiger charge is 2.09. The zero-order chi connectivity index (χ0) is 13.1. The van der Waals surface area contributed by atoms with Crippen molar-refractivity contribution in [2.24, 2.45) is 0 Å². The number of carbonyl (C=O) groups is 1. The van der Waals surface area contributed by atoms with Gasteiger partial charge >= 0.3 is 5.97 Å². The van der Waals surface area contributed by atoms with Crippen LogP contribution in [0.5, 0.6) is 0 Å². The van der Waals surface area contributed by atoms with Gasteiger partial charge < -0.3 is 9.52 Å². The Morgan fingerprint density at radius 1 is 1.50 bits per heavy atom. The number of nitrogens with zero attached hydrogens (tertiary/aromatic N) is 2. The lowest BCUT2D eigenvalue weighted by atomic mass is 10.4. The molecule has 7 nitrogen and oxygen atoms in total. The van der Waals surface area contributed by atoms with Crippen molar-refractivity contribution < 1.29 is 14.3 Å². The van der Waals surface area contributed by atoms with Crippen molar-refractivity contribution in [2.75, 3.05) is 0 Å². The third-order valence-corrected chi connectivity index (χ3v) is 2.95. The second kappa shape index (κ2) is 5.05. The molecule has 94 valence electrons. The molecule has 2 heterocycles. The summed E-state index contributed by atoms with van der Waals surface area (Å²) in [6, 6.07) is 2.94. The van der Waals surface area contributed by atoms with Gasteiger partial charge in [0.2, 0.25) is 5.76 Å². The maximum atomic E-state index is 11.3. The normalized spacial score (nSPS) is 10.5. The van der Waals surface area contributed by atoms with Crippen LogP contribution < -0.4 is 5.56 Å². The summed E-state index contributed by atoms with van der Waals surface area (Å²) in [6.07, 6.45) is 0. The molecule has 0 bridgehead atoms. The van der Waals surface area contributed by atoms with E-state index < -0.39 is 5.97 Å². The van der Waals surface area contributed by atoms with Crippen molar-refractivity contribution in [3.8, 4) is 0 Å². The standard InChI is InChI=1S/C10H9N3O4S/c1-5-8(14)11-10(13-12-5)18-4-6-2-3-7(17-6)9(15)16/h2-3H,4H2,1H3,(H,15,16)(H,11,13,14). The Labute approximate surface area is 105 Å². The Kier molecular flexibility index (Phi) is 3.47. The molecule has 0 amide bonds. The van der Waals surface area contributed by atoms with E-state index in [1.54, 1.807) is 13.0 Å². The van der Waals surface area contributed by atoms with Crippen LogP contribution in [-0.4, -0.2) is 26.3 Å². The lowest BCUT2D eigenvalue weighted by molar-refractivity contribution is 0.0661. The number of aryl methyl sites for hydroxylation is 1. The van der Waals surface area contributed by atoms with E-state index in [9.17, 15) is 9.59 Å². The van der Waals surface area contributed by atoms with Gasteiger partial charge in [0.05, 0.1) is 5.75 Å². The van der Waals surface area contributed by atoms with E-state index in [0.29, 0.717) is 22.4 Å². The van der Waals surface area contributed by atoms with E-state index in [-0.39, 0.29) is 11.3 Å². The molecule has 2 N–H and O–H groups in total. The average Bonchev–Trinajstić information content (AvgIpc) is 2.79. The summed E-state index contributed by atoms with van der Waals surface area (Å²) in [5.74, 6) is -0.384. The van der Waals surface area contributed by atoms with Gasteiger partial charge in [-0.2, -0.15) is 0 Å². The summed E-state index contributed by atoms with van der Waals surface area (Å²) in [6.45, 7) is 1.56. The van der Waals surface area contributed by atoms with E-state index in [1.165, 1.54) is 17.8 Å². The molecule has 0 spiro atoms. The second-order valence-corrected chi connectivity index (χ2v) is 4.37. The molecule has 0 aliphatic carbocycles. The van der Waals surface area contributed by atoms with Crippen LogP contribution in [0.4, 0.5) is 0 Å². The number of furan rings is 1. The van der Waals surface area contributed by atoms with Crippen molar-refractivity contribution >= 4 is 17.7 Å². The van der Waals surface area contributed by atoms with E-state index in [1.807, 2.05) is 0 Å². The van der Waals surface area contributed by atoms with Gasteiger partial charge in [-0.3, -0.25) is 9.78 Å². The van der Waals surface area contributed by atoms with Crippen LogP contribution in [0.25, 0.3) is 0 Å². The number of rotatable bonds is 4. The number of hydrogen-bond acceptors (Lipinski definition) is 6. The number of carboxylic acid groups (broad SMARTS) is 1. The maximum absolute atomic E-state index is 11.3. The Morgan fingerprint density at radius 3 is 2.89 bits per heavy atom. The first-order chi connectivity index (χ1) is 8.56. The molecule has 0 radical (unpaired) electrons. The zero-order valence-corrected chi connectivity index (χ0v) is 10.2. The predicted octanol–water partition coefficient (Wildman–Crippen LogP) is 1.06. The number of nitrogens with one attached hydrogen (secondary N) is 1. The molecular weight excluding hydrogens is 258 g/mol. The highest BCUT2D eigenvalue weighted by atomic mass is 32.2. The fourth-order valence-electron chi connectivity index (χ4n) is 1.15. The van der Waals surface area contributed by atoms with Crippen molar-refractivity contribution in [2.45, 2.75) is 17.8 Å². The number of thioether (sulfide) groups is 1. The fourth-order valence-corrected chi connectivity index (χ4v) is 1.85. The highest BCUT2D eigenvalue weighted by Crippen LogP contribution is 2.19. The minimum absolute atomic E-state index is 0.117. The molecule has 0 saturated heterocycles. The molecule has 0 unspecified atom stereocenters. The van der Waals surface area contributed by atoms with Crippen LogP contribution in [-0.2, 0) is 5.75 Å². The predicted molar refractivity (Wildman–Crippen MR) is 62.6 cm³/mol. The third kappa shape index (κ3) is 2.77. The van der Waals surface area contributed by atoms with Crippen molar-refractivity contribution in [3.05, 3.63) is 39.7 Å². The quantitative estimate of drug-likeness (QED) is 0.797. The van der Waals surface area contributed by atoms with Crippen LogP contribution >= 0.6 is 11.8 Å². The van der Waals surface area contributed by atoms with Crippen LogP contribution in [0.3, 0.4) is 0 Å². The van der Waals surface area contributed by atoms with Crippen molar-refractivity contribution in [1.29, 1.82) is 0 Å². The minimum Gasteiger partial charge on any atom is -0.475 e. The van der Waals surface area contributed by atoms with Crippen LogP contribution in [0.1, 0.15) is 22.0 Å². The number of H-pyrrole nitrogens is 1. The van der Waals surface area contributed by atoms with Crippen LogP contribution in [0, 0.1) is 6.92 Å². The van der Waals surface area contributed by atoms with Gasteiger partial charge in [0.1, 0.15) is 11.5 Å². The van der Waals surface area contributed by atoms with Gasteiger partial charge in [-0.25, -0.2) is 4.79 Å². The first kappa shape index (κ1) is 12.4. The fraction of sp³-hybridized carbons (Fsp3) is 0.200. The zero-order valence-electron chi connectivity index (χ0n) is 9.34. The first-order valence-electron chi connectivity index (χ1n) is 4.94. The summed E-state index contributed by atoms with van der Waals surface area (Å²) >= 11 is 1.21. The molecule has 2 rings (SSSR count). The van der Waals surface area contributed by atoms with Gasteiger partial charge in [-0.05, 0) is 19.1 Å². The Morgan fingerprint density at radius 2 is 2.28 bits per heavy atom. The van der Waals surface area contributed by atoms with E-state index in [2.05, 4.69) is 15.2 Å². The number of aromatic nitrogens is 3. The molecule has 0 aliphatic rings. The second-order valence-electron chi connectivity index (χ2n) is 3.40. The molecule has 0 fully saturated rings. The molecule has 0 aromatic carbocycles. The number of aromatic amines is 1. The lowest BCUT2D eigenvalue weighted by Crippen LogP contribution is -2.14. The Bertz CT molecular complexity index is 634. The van der Waals surface area contributed by atoms with Crippen LogP contribution in [0.15, 0.2) is 26.5 Å². The van der Waals surface area contributed by atoms with Gasteiger partial charge in [0.25, 0.3) is 5.56 Å². The summed E-state index contributed by atoms with van der Waals surface area (Å²) < 4.78 is 5.06. The largest absolute Gasteiger partial charge is 0.475 e. The van der Waals surface area contributed by atoms with Gasteiger partial charge in [-0.15, -0.1) is 10.2 Å². The molecule has 8 heteroatoms. The van der Waals surface area contributed by atoms with Gasteiger partial charge in [-0.1, -0.05) is 11.8 Å². The summed E-state index contributed by atoms with van der Waals surface area (Å²) in [5.41, 5.74) is 0.00341. The molecule has 0 atom stereocenters. The lowest BCUT2D eigenvalue weighted by Gasteiger charge is -1.97. The topological polar surface area (TPSA) is 109 Å². The summed E-state index contributed by atoms with van der Waals surface area (Å²) in [7, 11) is 0. The Hall–Kier alpha value is -2.09. The summed E-state index contributed by atoms with van der Waals surface area (Å²) in [4.78, 5) is 24.4. The van der Waals surface area contributed by atoms with Gasteiger partial charge in [0, 0.05) is 0 Å². The van der Waals surface area contributed by atoms with Crippen molar-refractivity contribution in [3.63, 3.8) is 0 Å². The van der Waals surface area contributed by atoms with Crippen molar-refractivity contribution in [1.82, 2.24) is 15.2 Å². The molecule has 2 aromatic rings. The van der Waals surface area contributed by atoms with E-state index in [0.717, 1.165) is 0 Å². The summed E-state index contributed by atoms with van der Waals surface area (Å²) in [5, 5.41) is 16.5. The monoisotopic (exact) mass is 267 g/mol. The Balaban J connectivity index is 2.04. The minimum atomic E-state index is -1.12.